The number of aliphatic imine (C=N–C) groups is 1. The number of morpholine rings is 1. The lowest BCUT2D eigenvalue weighted by Crippen LogP contribution is -2.44. The van der Waals surface area contributed by atoms with Gasteiger partial charge in [0.15, 0.2) is 5.96 Å². The van der Waals surface area contributed by atoms with Gasteiger partial charge in [0, 0.05) is 32.7 Å². The molecule has 7 heteroatoms. The molecule has 1 fully saturated rings. The van der Waals surface area contributed by atoms with Crippen LogP contribution in [-0.2, 0) is 11.3 Å². The van der Waals surface area contributed by atoms with Crippen LogP contribution >= 0.6 is 24.0 Å². The van der Waals surface area contributed by atoms with Crippen LogP contribution in [-0.4, -0.2) is 62.9 Å². The Morgan fingerprint density at radius 2 is 2.04 bits per heavy atom. The zero-order chi connectivity index (χ0) is 17.9. The molecule has 0 spiro atoms. The van der Waals surface area contributed by atoms with Crippen molar-refractivity contribution < 1.29 is 9.47 Å². The number of hydrogen-bond acceptors (Lipinski definition) is 4. The summed E-state index contributed by atoms with van der Waals surface area (Å²) < 4.78 is 11.1. The Morgan fingerprint density at radius 1 is 1.27 bits per heavy atom. The highest BCUT2D eigenvalue weighted by Crippen LogP contribution is 2.15. The van der Waals surface area contributed by atoms with E-state index in [1.165, 1.54) is 0 Å². The summed E-state index contributed by atoms with van der Waals surface area (Å²) in [5, 5.41) is 6.71. The fourth-order valence-electron chi connectivity index (χ4n) is 2.66. The summed E-state index contributed by atoms with van der Waals surface area (Å²) in [6.45, 7) is 13.2. The number of rotatable bonds is 8. The van der Waals surface area contributed by atoms with Crippen LogP contribution in [0.2, 0.25) is 0 Å². The molecule has 2 rings (SSSR count). The van der Waals surface area contributed by atoms with E-state index in [-0.39, 0.29) is 30.1 Å². The molecule has 0 atom stereocenters. The molecule has 0 amide bonds. The second-order valence-electron chi connectivity index (χ2n) is 6.39. The van der Waals surface area contributed by atoms with Gasteiger partial charge in [-0.05, 0) is 38.5 Å². The molecule has 6 nitrogen and oxygen atoms in total. The number of nitrogens with one attached hydrogen (secondary N) is 2. The van der Waals surface area contributed by atoms with E-state index in [0.717, 1.165) is 63.2 Å². The van der Waals surface area contributed by atoms with E-state index < -0.39 is 0 Å². The summed E-state index contributed by atoms with van der Waals surface area (Å²) in [7, 11) is 0. The molecule has 1 saturated heterocycles. The molecule has 0 unspecified atom stereocenters. The van der Waals surface area contributed by atoms with Crippen LogP contribution in [0.4, 0.5) is 0 Å². The van der Waals surface area contributed by atoms with Gasteiger partial charge in [-0.25, -0.2) is 4.99 Å². The number of benzene rings is 1. The van der Waals surface area contributed by atoms with Gasteiger partial charge in [0.05, 0.1) is 25.9 Å². The van der Waals surface area contributed by atoms with Crippen LogP contribution < -0.4 is 15.4 Å². The zero-order valence-electron chi connectivity index (χ0n) is 16.2. The maximum absolute atomic E-state index is 5.75. The standard InChI is InChI=1S/C19H32N4O2.HI/c1-4-20-19(21-8-9-23-10-12-24-13-11-23)22-15-17-6-5-7-18(14-17)25-16(2)3;/h5-7,14,16H,4,8-13,15H2,1-3H3,(H2,20,21,22);1H. The average molecular weight is 476 g/mol. The second kappa shape index (κ2) is 13.2. The molecular weight excluding hydrogens is 443 g/mol. The van der Waals surface area contributed by atoms with Gasteiger partial charge in [0.2, 0.25) is 0 Å². The summed E-state index contributed by atoms with van der Waals surface area (Å²) in [5.41, 5.74) is 1.14. The second-order valence-corrected chi connectivity index (χ2v) is 6.39. The van der Waals surface area contributed by atoms with Gasteiger partial charge in [-0.1, -0.05) is 12.1 Å². The number of hydrogen-bond donors (Lipinski definition) is 2. The van der Waals surface area contributed by atoms with Gasteiger partial charge in [0.25, 0.3) is 0 Å². The topological polar surface area (TPSA) is 58.1 Å². The van der Waals surface area contributed by atoms with Crippen molar-refractivity contribution in [2.24, 2.45) is 4.99 Å². The van der Waals surface area contributed by atoms with Gasteiger partial charge in [-0.15, -0.1) is 24.0 Å². The van der Waals surface area contributed by atoms with Crippen LogP contribution in [0.3, 0.4) is 0 Å². The van der Waals surface area contributed by atoms with Crippen LogP contribution in [0.15, 0.2) is 29.3 Å². The lowest BCUT2D eigenvalue weighted by atomic mass is 10.2. The number of nitrogens with zero attached hydrogens (tertiary/aromatic N) is 2. The Bertz CT molecular complexity index is 534. The summed E-state index contributed by atoms with van der Waals surface area (Å²) in [6, 6.07) is 8.13. The van der Waals surface area contributed by atoms with E-state index in [4.69, 9.17) is 9.47 Å². The van der Waals surface area contributed by atoms with Crippen LogP contribution in [0.25, 0.3) is 0 Å². The van der Waals surface area contributed by atoms with Gasteiger partial charge in [-0.2, -0.15) is 0 Å². The molecule has 148 valence electrons. The molecule has 26 heavy (non-hydrogen) atoms. The maximum Gasteiger partial charge on any atom is 0.191 e. The van der Waals surface area contributed by atoms with E-state index in [2.05, 4.69) is 39.6 Å². The summed E-state index contributed by atoms with van der Waals surface area (Å²) in [4.78, 5) is 7.09. The van der Waals surface area contributed by atoms with Crippen LogP contribution in [0, 0.1) is 0 Å². The van der Waals surface area contributed by atoms with E-state index >= 15 is 0 Å². The molecule has 0 radical (unpaired) electrons. The lowest BCUT2D eigenvalue weighted by molar-refractivity contribution is 0.0389. The van der Waals surface area contributed by atoms with Crippen molar-refractivity contribution in [1.29, 1.82) is 0 Å². The first kappa shape index (κ1) is 23.0. The highest BCUT2D eigenvalue weighted by atomic mass is 127. The van der Waals surface area contributed by atoms with Crippen molar-refractivity contribution in [3.8, 4) is 5.75 Å². The Hall–Kier alpha value is -1.06. The van der Waals surface area contributed by atoms with Crippen molar-refractivity contribution in [2.45, 2.75) is 33.4 Å². The highest BCUT2D eigenvalue weighted by molar-refractivity contribution is 14.0. The normalized spacial score (nSPS) is 15.5. The predicted octanol–water partition coefficient (Wildman–Crippen LogP) is 2.48. The fourth-order valence-corrected chi connectivity index (χ4v) is 2.66. The molecule has 0 aromatic heterocycles. The molecule has 0 saturated carbocycles. The quantitative estimate of drug-likeness (QED) is 0.343. The molecule has 0 bridgehead atoms. The van der Waals surface area contributed by atoms with E-state index in [9.17, 15) is 0 Å². The van der Waals surface area contributed by atoms with Gasteiger partial charge < -0.3 is 20.1 Å². The molecule has 1 aromatic carbocycles. The van der Waals surface area contributed by atoms with Gasteiger partial charge >= 0.3 is 0 Å². The highest BCUT2D eigenvalue weighted by Gasteiger charge is 2.09. The van der Waals surface area contributed by atoms with Crippen molar-refractivity contribution >= 4 is 29.9 Å². The first-order valence-electron chi connectivity index (χ1n) is 9.25. The molecule has 1 aliphatic rings. The Morgan fingerprint density at radius 3 is 2.73 bits per heavy atom. The smallest absolute Gasteiger partial charge is 0.191 e. The maximum atomic E-state index is 5.75. The number of guanidine groups is 1. The predicted molar refractivity (Wildman–Crippen MR) is 118 cm³/mol. The monoisotopic (exact) mass is 476 g/mol. The molecule has 2 N–H and O–H groups in total. The zero-order valence-corrected chi connectivity index (χ0v) is 18.5. The number of halogens is 1. The first-order chi connectivity index (χ1) is 12.2. The van der Waals surface area contributed by atoms with Gasteiger partial charge in [0.1, 0.15) is 5.75 Å². The van der Waals surface area contributed by atoms with E-state index in [0.29, 0.717) is 6.54 Å². The van der Waals surface area contributed by atoms with Crippen molar-refractivity contribution in [3.05, 3.63) is 29.8 Å². The van der Waals surface area contributed by atoms with Crippen molar-refractivity contribution in [3.63, 3.8) is 0 Å². The van der Waals surface area contributed by atoms with Gasteiger partial charge in [-0.3, -0.25) is 4.90 Å². The third kappa shape index (κ3) is 9.05. The first-order valence-corrected chi connectivity index (χ1v) is 9.25. The minimum Gasteiger partial charge on any atom is -0.491 e. The van der Waals surface area contributed by atoms with Crippen LogP contribution in [0.1, 0.15) is 26.3 Å². The molecule has 1 heterocycles. The van der Waals surface area contributed by atoms with Crippen LogP contribution in [0.5, 0.6) is 5.75 Å². The summed E-state index contributed by atoms with van der Waals surface area (Å²) >= 11 is 0. The third-order valence-electron chi connectivity index (χ3n) is 3.86. The number of ether oxygens (including phenoxy) is 2. The summed E-state index contributed by atoms with van der Waals surface area (Å²) in [5.74, 6) is 1.75. The lowest BCUT2D eigenvalue weighted by Gasteiger charge is -2.26. The summed E-state index contributed by atoms with van der Waals surface area (Å²) in [6.07, 6.45) is 0.179. The molecule has 1 aromatic rings. The Labute approximate surface area is 174 Å². The fraction of sp³-hybridized carbons (Fsp3) is 0.632. The molecule has 0 aliphatic carbocycles. The van der Waals surface area contributed by atoms with E-state index in [1.807, 2.05) is 26.0 Å². The van der Waals surface area contributed by atoms with Crippen molar-refractivity contribution in [1.82, 2.24) is 15.5 Å². The molecular formula is C19H33IN4O2. The third-order valence-corrected chi connectivity index (χ3v) is 3.86. The Kier molecular flexibility index (Phi) is 11.6. The average Bonchev–Trinajstić information content (AvgIpc) is 2.60. The van der Waals surface area contributed by atoms with E-state index in [1.54, 1.807) is 0 Å². The minimum absolute atomic E-state index is 0. The largest absolute Gasteiger partial charge is 0.491 e. The SMILES string of the molecule is CCNC(=NCc1cccc(OC(C)C)c1)NCCN1CCOCC1.I. The van der Waals surface area contributed by atoms with Crippen molar-refractivity contribution in [2.75, 3.05) is 45.9 Å². The molecule has 1 aliphatic heterocycles. The Balaban J connectivity index is 0.00000338. The minimum atomic E-state index is 0.